The second-order valence-corrected chi connectivity index (χ2v) is 4.47. The van der Waals surface area contributed by atoms with Gasteiger partial charge < -0.3 is 11.1 Å². The van der Waals surface area contributed by atoms with Crippen molar-refractivity contribution in [3.63, 3.8) is 0 Å². The maximum Gasteiger partial charge on any atom is 0.146 e. The highest BCUT2D eigenvalue weighted by atomic mass is 32.2. The molecule has 0 amide bonds. The zero-order chi connectivity index (χ0) is 10.4. The molecule has 1 aromatic rings. The predicted molar refractivity (Wildman–Crippen MR) is 64.7 cm³/mol. The van der Waals surface area contributed by atoms with Crippen molar-refractivity contribution in [2.24, 2.45) is 0 Å². The van der Waals surface area contributed by atoms with Gasteiger partial charge in [0.1, 0.15) is 5.82 Å². The summed E-state index contributed by atoms with van der Waals surface area (Å²) >= 11 is 1.88. The van der Waals surface area contributed by atoms with Gasteiger partial charge >= 0.3 is 0 Å². The minimum absolute atomic E-state index is 0.573. The molecule has 3 N–H and O–H groups in total. The fourth-order valence-electron chi connectivity index (χ4n) is 1.09. The van der Waals surface area contributed by atoms with Crippen LogP contribution in [0.5, 0.6) is 0 Å². The Bertz CT molecular complexity index is 278. The second-order valence-electron chi connectivity index (χ2n) is 3.20. The van der Waals surface area contributed by atoms with Crippen LogP contribution in [0, 0.1) is 0 Å². The van der Waals surface area contributed by atoms with Crippen molar-refractivity contribution in [2.75, 3.05) is 23.9 Å². The first-order chi connectivity index (χ1) is 6.74. The normalized spacial score (nSPS) is 12.4. The third-order valence-corrected chi connectivity index (χ3v) is 3.15. The Labute approximate surface area is 89.5 Å². The van der Waals surface area contributed by atoms with Crippen molar-refractivity contribution in [2.45, 2.75) is 18.6 Å². The van der Waals surface area contributed by atoms with Crippen LogP contribution in [0.25, 0.3) is 0 Å². The van der Waals surface area contributed by atoms with Gasteiger partial charge in [-0.3, -0.25) is 0 Å². The Balaban J connectivity index is 2.35. The van der Waals surface area contributed by atoms with Crippen LogP contribution in [0.4, 0.5) is 11.5 Å². The lowest BCUT2D eigenvalue weighted by Crippen LogP contribution is -2.09. The van der Waals surface area contributed by atoms with E-state index in [2.05, 4.69) is 23.5 Å². The summed E-state index contributed by atoms with van der Waals surface area (Å²) in [7, 11) is 0. The molecule has 0 aliphatic carbocycles. The molecular weight excluding hydrogens is 194 g/mol. The van der Waals surface area contributed by atoms with Crippen LogP contribution < -0.4 is 11.1 Å². The molecule has 0 aliphatic heterocycles. The quantitative estimate of drug-likeness (QED) is 0.784. The van der Waals surface area contributed by atoms with Gasteiger partial charge in [-0.1, -0.05) is 6.92 Å². The fourth-order valence-corrected chi connectivity index (χ4v) is 1.45. The van der Waals surface area contributed by atoms with Gasteiger partial charge in [-0.2, -0.15) is 11.8 Å². The molecule has 78 valence electrons. The average Bonchev–Trinajstić information content (AvgIpc) is 2.20. The fraction of sp³-hybridized carbons (Fsp3) is 0.500. The van der Waals surface area contributed by atoms with E-state index >= 15 is 0 Å². The summed E-state index contributed by atoms with van der Waals surface area (Å²) in [5.74, 6) is 0.573. The number of nitrogens with one attached hydrogen (secondary N) is 1. The van der Waals surface area contributed by atoms with Gasteiger partial charge in [0.25, 0.3) is 0 Å². The Morgan fingerprint density at radius 2 is 2.43 bits per heavy atom. The lowest BCUT2D eigenvalue weighted by atomic mass is 10.3. The number of hydrogen-bond donors (Lipinski definition) is 2. The van der Waals surface area contributed by atoms with E-state index in [1.807, 2.05) is 23.9 Å². The molecule has 1 rings (SSSR count). The minimum Gasteiger partial charge on any atom is -0.382 e. The van der Waals surface area contributed by atoms with E-state index < -0.39 is 0 Å². The third-order valence-electron chi connectivity index (χ3n) is 2.11. The van der Waals surface area contributed by atoms with E-state index in [4.69, 9.17) is 5.73 Å². The van der Waals surface area contributed by atoms with Crippen LogP contribution >= 0.6 is 11.8 Å². The maximum absolute atomic E-state index is 5.69. The average molecular weight is 211 g/mol. The van der Waals surface area contributed by atoms with Gasteiger partial charge in [0.05, 0.1) is 5.69 Å². The van der Waals surface area contributed by atoms with Crippen molar-refractivity contribution in [3.05, 3.63) is 18.3 Å². The molecular formula is C10H17N3S. The molecule has 0 aliphatic rings. The zero-order valence-electron chi connectivity index (χ0n) is 8.66. The number of rotatable bonds is 5. The van der Waals surface area contributed by atoms with Crippen molar-refractivity contribution in [1.82, 2.24) is 4.98 Å². The van der Waals surface area contributed by atoms with Crippen LogP contribution in [-0.4, -0.2) is 23.0 Å². The standard InChI is InChI=1S/C10H17N3S/c1-8(14-2)5-7-12-9-4-3-6-13-10(9)11/h3-4,6,8,12H,5,7H2,1-2H3,(H2,11,13). The molecule has 0 spiro atoms. The summed E-state index contributed by atoms with van der Waals surface area (Å²) in [6.07, 6.45) is 4.96. The molecule has 0 fully saturated rings. The third kappa shape index (κ3) is 3.46. The van der Waals surface area contributed by atoms with Crippen molar-refractivity contribution < 1.29 is 0 Å². The maximum atomic E-state index is 5.69. The molecule has 4 heteroatoms. The first-order valence-corrected chi connectivity index (χ1v) is 6.00. The largest absolute Gasteiger partial charge is 0.382 e. The van der Waals surface area contributed by atoms with E-state index in [9.17, 15) is 0 Å². The van der Waals surface area contributed by atoms with Crippen LogP contribution in [0.1, 0.15) is 13.3 Å². The van der Waals surface area contributed by atoms with Crippen LogP contribution in [0.15, 0.2) is 18.3 Å². The van der Waals surface area contributed by atoms with E-state index in [1.54, 1.807) is 6.20 Å². The topological polar surface area (TPSA) is 50.9 Å². The number of nitrogens with zero attached hydrogens (tertiary/aromatic N) is 1. The Kier molecular flexibility index (Phi) is 4.59. The lowest BCUT2D eigenvalue weighted by Gasteiger charge is -2.10. The number of hydrogen-bond acceptors (Lipinski definition) is 4. The van der Waals surface area contributed by atoms with Gasteiger partial charge in [0.2, 0.25) is 0 Å². The highest BCUT2D eigenvalue weighted by Crippen LogP contribution is 2.15. The van der Waals surface area contributed by atoms with E-state index in [0.717, 1.165) is 18.7 Å². The van der Waals surface area contributed by atoms with E-state index in [0.29, 0.717) is 11.1 Å². The summed E-state index contributed by atoms with van der Waals surface area (Å²) in [6, 6.07) is 3.84. The molecule has 0 bridgehead atoms. The summed E-state index contributed by atoms with van der Waals surface area (Å²) in [5.41, 5.74) is 6.62. The summed E-state index contributed by atoms with van der Waals surface area (Å²) < 4.78 is 0. The first-order valence-electron chi connectivity index (χ1n) is 4.71. The Morgan fingerprint density at radius 1 is 1.64 bits per heavy atom. The molecule has 3 nitrogen and oxygen atoms in total. The monoisotopic (exact) mass is 211 g/mol. The van der Waals surface area contributed by atoms with Gasteiger partial charge in [-0.15, -0.1) is 0 Å². The number of pyridine rings is 1. The number of nitrogens with two attached hydrogens (primary N) is 1. The van der Waals surface area contributed by atoms with Gasteiger partial charge in [0, 0.05) is 18.0 Å². The lowest BCUT2D eigenvalue weighted by molar-refractivity contribution is 0.853. The second kappa shape index (κ2) is 5.75. The molecule has 0 saturated carbocycles. The number of thioether (sulfide) groups is 1. The molecule has 1 atom stereocenters. The Hall–Kier alpha value is -0.900. The molecule has 1 unspecified atom stereocenters. The summed E-state index contributed by atoms with van der Waals surface area (Å²) in [5, 5.41) is 3.96. The SMILES string of the molecule is CSC(C)CCNc1cccnc1N. The molecule has 0 aromatic carbocycles. The van der Waals surface area contributed by atoms with Gasteiger partial charge in [0.15, 0.2) is 0 Å². The summed E-state index contributed by atoms with van der Waals surface area (Å²) in [6.45, 7) is 3.16. The van der Waals surface area contributed by atoms with Crippen LogP contribution in [-0.2, 0) is 0 Å². The van der Waals surface area contributed by atoms with Crippen LogP contribution in [0.3, 0.4) is 0 Å². The van der Waals surface area contributed by atoms with E-state index in [-0.39, 0.29) is 0 Å². The summed E-state index contributed by atoms with van der Waals surface area (Å²) in [4.78, 5) is 4.01. The van der Waals surface area contributed by atoms with E-state index in [1.165, 1.54) is 0 Å². The molecule has 0 saturated heterocycles. The smallest absolute Gasteiger partial charge is 0.146 e. The predicted octanol–water partition coefficient (Wildman–Crippen LogP) is 2.22. The Morgan fingerprint density at radius 3 is 3.07 bits per heavy atom. The molecule has 14 heavy (non-hydrogen) atoms. The minimum atomic E-state index is 0.573. The number of anilines is 2. The molecule has 0 radical (unpaired) electrons. The van der Waals surface area contributed by atoms with Gasteiger partial charge in [-0.25, -0.2) is 4.98 Å². The first kappa shape index (κ1) is 11.2. The molecule has 1 aromatic heterocycles. The van der Waals surface area contributed by atoms with Crippen molar-refractivity contribution in [3.8, 4) is 0 Å². The highest BCUT2D eigenvalue weighted by molar-refractivity contribution is 7.99. The van der Waals surface area contributed by atoms with Crippen LogP contribution in [0.2, 0.25) is 0 Å². The van der Waals surface area contributed by atoms with Crippen molar-refractivity contribution in [1.29, 1.82) is 0 Å². The zero-order valence-corrected chi connectivity index (χ0v) is 9.47. The van der Waals surface area contributed by atoms with Crippen molar-refractivity contribution >= 4 is 23.3 Å². The van der Waals surface area contributed by atoms with Gasteiger partial charge in [-0.05, 0) is 24.8 Å². The number of aromatic nitrogens is 1. The highest BCUT2D eigenvalue weighted by Gasteiger charge is 2.00. The number of nitrogen functional groups attached to an aromatic ring is 1. The molecule has 1 heterocycles.